The van der Waals surface area contributed by atoms with Gasteiger partial charge in [0.05, 0.1) is 31.1 Å². The van der Waals surface area contributed by atoms with Gasteiger partial charge in [0.2, 0.25) is 0 Å². The van der Waals surface area contributed by atoms with Crippen molar-refractivity contribution < 1.29 is 4.74 Å². The summed E-state index contributed by atoms with van der Waals surface area (Å²) in [5.41, 5.74) is 3.42. The molecule has 1 saturated heterocycles. The number of nitrogens with zero attached hydrogens (tertiary/aromatic N) is 6. The van der Waals surface area contributed by atoms with Crippen LogP contribution in [0.15, 0.2) is 23.1 Å². The summed E-state index contributed by atoms with van der Waals surface area (Å²) in [5, 5.41) is 9.00. The van der Waals surface area contributed by atoms with E-state index in [2.05, 4.69) is 40.8 Å². The van der Waals surface area contributed by atoms with Gasteiger partial charge in [0, 0.05) is 75.5 Å². The van der Waals surface area contributed by atoms with Crippen LogP contribution in [-0.2, 0) is 30.2 Å². The topological polar surface area (TPSA) is 68.4 Å². The van der Waals surface area contributed by atoms with Crippen LogP contribution in [0.5, 0.6) is 0 Å². The van der Waals surface area contributed by atoms with Gasteiger partial charge in [-0.2, -0.15) is 10.2 Å². The second-order valence-electron chi connectivity index (χ2n) is 9.45. The largest absolute Gasteiger partial charge is 0.372 e. The molecule has 0 N–H and O–H groups in total. The van der Waals surface area contributed by atoms with Crippen LogP contribution in [-0.4, -0.2) is 75.2 Å². The van der Waals surface area contributed by atoms with E-state index in [9.17, 15) is 4.79 Å². The van der Waals surface area contributed by atoms with Gasteiger partial charge in [0.1, 0.15) is 0 Å². The maximum absolute atomic E-state index is 12.2. The molecule has 164 valence electrons. The summed E-state index contributed by atoms with van der Waals surface area (Å²) in [5.74, 6) is 0. The van der Waals surface area contributed by atoms with Crippen LogP contribution in [0, 0.1) is 0 Å². The highest BCUT2D eigenvalue weighted by Crippen LogP contribution is 2.27. The minimum absolute atomic E-state index is 0.0247. The van der Waals surface area contributed by atoms with Crippen molar-refractivity contribution in [1.29, 1.82) is 0 Å². The number of hydrogen-bond donors (Lipinski definition) is 0. The Morgan fingerprint density at radius 2 is 1.83 bits per heavy atom. The number of aromatic nitrogens is 4. The molecule has 2 aromatic heterocycles. The zero-order valence-electron chi connectivity index (χ0n) is 18.7. The second-order valence-corrected chi connectivity index (χ2v) is 9.45. The molecule has 1 atom stereocenters. The fourth-order valence-electron chi connectivity index (χ4n) is 4.27. The van der Waals surface area contributed by atoms with Crippen molar-refractivity contribution in [3.63, 3.8) is 0 Å². The molecular weight excluding hydrogens is 380 g/mol. The molecular formula is C22H34N6O2. The van der Waals surface area contributed by atoms with Crippen LogP contribution in [0.2, 0.25) is 0 Å². The van der Waals surface area contributed by atoms with E-state index in [0.717, 1.165) is 58.0 Å². The van der Waals surface area contributed by atoms with E-state index in [0.29, 0.717) is 6.54 Å². The molecule has 4 rings (SSSR count). The minimum Gasteiger partial charge on any atom is -0.372 e. The monoisotopic (exact) mass is 414 g/mol. The lowest BCUT2D eigenvalue weighted by atomic mass is 9.92. The summed E-state index contributed by atoms with van der Waals surface area (Å²) >= 11 is 0. The Balaban J connectivity index is 1.28. The third-order valence-electron chi connectivity index (χ3n) is 6.25. The van der Waals surface area contributed by atoms with Crippen molar-refractivity contribution in [1.82, 2.24) is 29.4 Å². The molecule has 0 radical (unpaired) electrons. The highest BCUT2D eigenvalue weighted by molar-refractivity contribution is 5.23. The van der Waals surface area contributed by atoms with Crippen LogP contribution in [0.1, 0.15) is 43.8 Å². The molecule has 30 heavy (non-hydrogen) atoms. The van der Waals surface area contributed by atoms with E-state index in [4.69, 9.17) is 4.74 Å². The number of rotatable bonds is 5. The van der Waals surface area contributed by atoms with Crippen molar-refractivity contribution in [2.24, 2.45) is 7.05 Å². The van der Waals surface area contributed by atoms with Crippen LogP contribution in [0.4, 0.5) is 0 Å². The number of piperazine rings is 1. The van der Waals surface area contributed by atoms with E-state index < -0.39 is 0 Å². The number of fused-ring (bicyclic) bond motifs is 1. The van der Waals surface area contributed by atoms with Crippen LogP contribution in [0.3, 0.4) is 0 Å². The Morgan fingerprint density at radius 3 is 2.57 bits per heavy atom. The molecule has 0 bridgehead atoms. The summed E-state index contributed by atoms with van der Waals surface area (Å²) in [7, 11) is 2.01. The molecule has 8 heteroatoms. The van der Waals surface area contributed by atoms with Gasteiger partial charge in [-0.3, -0.25) is 19.3 Å². The Bertz CT molecular complexity index is 920. The van der Waals surface area contributed by atoms with Crippen LogP contribution in [0.25, 0.3) is 0 Å². The molecule has 0 aliphatic carbocycles. The van der Waals surface area contributed by atoms with Crippen LogP contribution < -0.4 is 5.56 Å². The Labute approximate surface area is 178 Å². The van der Waals surface area contributed by atoms with Crippen molar-refractivity contribution in [3.8, 4) is 0 Å². The average molecular weight is 415 g/mol. The van der Waals surface area contributed by atoms with Gasteiger partial charge >= 0.3 is 0 Å². The Hall–Kier alpha value is -2.03. The lowest BCUT2D eigenvalue weighted by Gasteiger charge is -2.37. The molecule has 2 aromatic rings. The molecule has 2 aliphatic heterocycles. The predicted octanol–water partition coefficient (Wildman–Crippen LogP) is 1.21. The van der Waals surface area contributed by atoms with Crippen molar-refractivity contribution in [2.75, 3.05) is 45.9 Å². The fourth-order valence-corrected chi connectivity index (χ4v) is 4.27. The molecule has 1 unspecified atom stereocenters. The summed E-state index contributed by atoms with van der Waals surface area (Å²) < 4.78 is 9.65. The first-order chi connectivity index (χ1) is 14.3. The Morgan fingerprint density at radius 1 is 1.10 bits per heavy atom. The Kier molecular flexibility index (Phi) is 6.09. The summed E-state index contributed by atoms with van der Waals surface area (Å²) in [4.78, 5) is 17.1. The van der Waals surface area contributed by atoms with Crippen molar-refractivity contribution in [3.05, 3.63) is 45.6 Å². The zero-order chi connectivity index (χ0) is 21.3. The second kappa shape index (κ2) is 8.61. The SMILES string of the molecule is Cn1ncc2c1CCOC2CN1CCN(CCn2nc(C(C)(C)C)ccc2=O)CC1. The smallest absolute Gasteiger partial charge is 0.266 e. The number of ether oxygens (including phenoxy) is 1. The maximum atomic E-state index is 12.2. The third-order valence-corrected chi connectivity index (χ3v) is 6.25. The quantitative estimate of drug-likeness (QED) is 0.733. The number of aryl methyl sites for hydroxylation is 1. The van der Waals surface area contributed by atoms with E-state index in [1.54, 1.807) is 10.7 Å². The molecule has 0 aromatic carbocycles. The molecule has 0 saturated carbocycles. The lowest BCUT2D eigenvalue weighted by Crippen LogP contribution is -2.49. The highest BCUT2D eigenvalue weighted by atomic mass is 16.5. The molecule has 0 amide bonds. The normalized spacial score (nSPS) is 21.0. The van der Waals surface area contributed by atoms with Crippen molar-refractivity contribution >= 4 is 0 Å². The molecule has 8 nitrogen and oxygen atoms in total. The predicted molar refractivity (Wildman–Crippen MR) is 116 cm³/mol. The summed E-state index contributed by atoms with van der Waals surface area (Å²) in [6.07, 6.45) is 3.03. The van der Waals surface area contributed by atoms with Gasteiger partial charge in [-0.15, -0.1) is 0 Å². The summed E-state index contributed by atoms with van der Waals surface area (Å²) in [6.45, 7) is 13.6. The van der Waals surface area contributed by atoms with Gasteiger partial charge in [-0.05, 0) is 6.07 Å². The van der Waals surface area contributed by atoms with Gasteiger partial charge in [0.25, 0.3) is 5.56 Å². The minimum atomic E-state index is -0.0591. The van der Waals surface area contributed by atoms with Gasteiger partial charge in [0.15, 0.2) is 0 Å². The first-order valence-electron chi connectivity index (χ1n) is 11.0. The first kappa shape index (κ1) is 21.2. The first-order valence-corrected chi connectivity index (χ1v) is 11.0. The molecule has 0 spiro atoms. The summed E-state index contributed by atoms with van der Waals surface area (Å²) in [6, 6.07) is 3.49. The highest BCUT2D eigenvalue weighted by Gasteiger charge is 2.27. The molecule has 4 heterocycles. The van der Waals surface area contributed by atoms with Gasteiger partial charge in [-0.1, -0.05) is 20.8 Å². The van der Waals surface area contributed by atoms with Gasteiger partial charge in [-0.25, -0.2) is 4.68 Å². The van der Waals surface area contributed by atoms with Crippen LogP contribution >= 0.6 is 0 Å². The average Bonchev–Trinajstić information content (AvgIpc) is 3.10. The molecule has 1 fully saturated rings. The van der Waals surface area contributed by atoms with E-state index in [1.807, 2.05) is 24.0 Å². The lowest BCUT2D eigenvalue weighted by molar-refractivity contribution is 0.00349. The van der Waals surface area contributed by atoms with Gasteiger partial charge < -0.3 is 4.74 Å². The van der Waals surface area contributed by atoms with E-state index in [-0.39, 0.29) is 17.1 Å². The fraction of sp³-hybridized carbons (Fsp3) is 0.682. The zero-order valence-corrected chi connectivity index (χ0v) is 18.7. The standard InChI is InChI=1S/C22H34N6O2/c1-22(2,3)20-5-6-21(29)28(24-20)13-12-26-8-10-27(11-9-26)16-19-17-15-23-25(4)18(17)7-14-30-19/h5-6,15,19H,7-14,16H2,1-4H3. The number of hydrogen-bond acceptors (Lipinski definition) is 6. The van der Waals surface area contributed by atoms with E-state index in [1.165, 1.54) is 11.3 Å². The van der Waals surface area contributed by atoms with Crippen molar-refractivity contribution in [2.45, 2.75) is 45.3 Å². The third kappa shape index (κ3) is 4.66. The van der Waals surface area contributed by atoms with E-state index >= 15 is 0 Å². The maximum Gasteiger partial charge on any atom is 0.266 e. The molecule has 2 aliphatic rings.